The first kappa shape index (κ1) is 11.2. The molecule has 0 aromatic heterocycles. The molecule has 0 aliphatic heterocycles. The number of amidine groups is 1. The van der Waals surface area contributed by atoms with Gasteiger partial charge in [0.15, 0.2) is 12.4 Å². The normalized spacial score (nSPS) is 11.4. The highest BCUT2D eigenvalue weighted by Crippen LogP contribution is 1.95. The van der Waals surface area contributed by atoms with Crippen LogP contribution in [0.25, 0.3) is 0 Å². The molecule has 0 rings (SSSR count). The van der Waals surface area contributed by atoms with Gasteiger partial charge >= 0.3 is 0 Å². The van der Waals surface area contributed by atoms with Crippen LogP contribution in [-0.2, 0) is 0 Å². The van der Waals surface area contributed by atoms with Crippen LogP contribution in [0.3, 0.4) is 0 Å². The van der Waals surface area contributed by atoms with Gasteiger partial charge in [-0.3, -0.25) is 0 Å². The molecule has 0 spiro atoms. The van der Waals surface area contributed by atoms with E-state index in [0.29, 0.717) is 11.8 Å². The van der Waals surface area contributed by atoms with Gasteiger partial charge in [0.2, 0.25) is 0 Å². The van der Waals surface area contributed by atoms with E-state index < -0.39 is 0 Å². The Balaban J connectivity index is 4.36. The third-order valence-electron chi connectivity index (χ3n) is 1.26. The second-order valence-corrected chi connectivity index (χ2v) is 2.80. The maximum absolute atomic E-state index is 8.45. The van der Waals surface area contributed by atoms with Gasteiger partial charge in [0.1, 0.15) is 5.84 Å². The monoisotopic (exact) mass is 176 g/mol. The quantitative estimate of drug-likeness (QED) is 0.279. The van der Waals surface area contributed by atoms with Crippen molar-refractivity contribution >= 4 is 5.84 Å². The highest BCUT2D eigenvalue weighted by Gasteiger charge is 2.00. The first-order chi connectivity index (χ1) is 6.11. The first-order valence-corrected chi connectivity index (χ1v) is 3.92. The summed E-state index contributed by atoms with van der Waals surface area (Å²) in [6.07, 6.45) is 6.88. The van der Waals surface area contributed by atoms with Gasteiger partial charge < -0.3 is 0 Å². The molecule has 0 atom stereocenters. The molecule has 13 heavy (non-hydrogen) atoms. The Labute approximate surface area is 78.4 Å². The van der Waals surface area contributed by atoms with Crippen LogP contribution in [0.4, 0.5) is 0 Å². The minimum atomic E-state index is 0.377. The summed E-state index contributed by atoms with van der Waals surface area (Å²) in [5.41, 5.74) is 0. The molecular formula is C9H12N4. The van der Waals surface area contributed by atoms with E-state index in [4.69, 9.17) is 10.5 Å². The lowest BCUT2D eigenvalue weighted by Gasteiger charge is -2.01. The molecule has 0 amide bonds. The van der Waals surface area contributed by atoms with E-state index >= 15 is 0 Å². The molecule has 0 unspecified atom stereocenters. The van der Waals surface area contributed by atoms with E-state index in [1.54, 1.807) is 25.5 Å². The van der Waals surface area contributed by atoms with E-state index in [1.165, 1.54) is 0 Å². The Morgan fingerprint density at radius 1 is 1.38 bits per heavy atom. The molecule has 0 aromatic rings. The fourth-order valence-electron chi connectivity index (χ4n) is 0.548. The molecule has 0 N–H and O–H groups in total. The maximum Gasteiger partial charge on any atom is 0.200 e. The summed E-state index contributed by atoms with van der Waals surface area (Å²) in [5, 5.41) is 16.9. The fraction of sp³-hybridized carbons (Fsp3) is 0.444. The van der Waals surface area contributed by atoms with Crippen molar-refractivity contribution in [1.82, 2.24) is 4.90 Å². The van der Waals surface area contributed by atoms with Crippen molar-refractivity contribution in [2.24, 2.45) is 10.9 Å². The molecular weight excluding hydrogens is 164 g/mol. The average molecular weight is 176 g/mol. The van der Waals surface area contributed by atoms with Gasteiger partial charge in [-0.05, 0) is 12.8 Å². The molecule has 0 aliphatic carbocycles. The molecule has 0 saturated heterocycles. The summed E-state index contributed by atoms with van der Waals surface area (Å²) < 4.78 is 0. The van der Waals surface area contributed by atoms with E-state index in [0.717, 1.165) is 4.90 Å². The largest absolute Gasteiger partial charge is 0.242 e. The number of hydrogen-bond acceptors (Lipinski definition) is 3. The summed E-state index contributed by atoms with van der Waals surface area (Å²) in [6, 6.07) is 0. The molecule has 68 valence electrons. The minimum absolute atomic E-state index is 0.377. The van der Waals surface area contributed by atoms with Gasteiger partial charge in [-0.15, -0.1) is 0 Å². The van der Waals surface area contributed by atoms with Crippen LogP contribution in [0.15, 0.2) is 17.3 Å². The van der Waals surface area contributed by atoms with E-state index in [-0.39, 0.29) is 0 Å². The average Bonchev–Trinajstić information content (AvgIpc) is 2.05. The number of hydrogen-bond donors (Lipinski definition) is 0. The minimum Gasteiger partial charge on any atom is -0.242 e. The Morgan fingerprint density at radius 3 is 2.31 bits per heavy atom. The Kier molecular flexibility index (Phi) is 4.99. The predicted octanol–water partition coefficient (Wildman–Crippen LogP) is 1.84. The Bertz CT molecular complexity index is 274. The SMILES string of the molecule is CC(=N/C=C\C(C)C)N(C#N)C#N. The van der Waals surface area contributed by atoms with Crippen LogP contribution in [0, 0.1) is 28.8 Å². The molecule has 4 heteroatoms. The number of nitriles is 2. The summed E-state index contributed by atoms with van der Waals surface area (Å²) in [6.45, 7) is 5.65. The smallest absolute Gasteiger partial charge is 0.200 e. The van der Waals surface area contributed by atoms with Crippen LogP contribution in [-0.4, -0.2) is 10.7 Å². The standard InChI is InChI=1S/C9H12N4/c1-8(2)4-5-12-9(3)13(6-10)7-11/h4-5,8H,1-3H3/b5-4-,12-9?. The summed E-state index contributed by atoms with van der Waals surface area (Å²) in [7, 11) is 0. The van der Waals surface area contributed by atoms with Crippen LogP contribution >= 0.6 is 0 Å². The number of nitrogens with zero attached hydrogens (tertiary/aromatic N) is 4. The van der Waals surface area contributed by atoms with Crippen molar-refractivity contribution in [2.75, 3.05) is 0 Å². The number of allylic oxidation sites excluding steroid dienone is 1. The Hall–Kier alpha value is -1.81. The lowest BCUT2D eigenvalue weighted by molar-refractivity contribution is 0.794. The third kappa shape index (κ3) is 4.60. The van der Waals surface area contributed by atoms with Crippen LogP contribution in [0.2, 0.25) is 0 Å². The first-order valence-electron chi connectivity index (χ1n) is 3.92. The predicted molar refractivity (Wildman–Crippen MR) is 50.2 cm³/mol. The zero-order chi connectivity index (χ0) is 10.3. The van der Waals surface area contributed by atoms with Crippen LogP contribution < -0.4 is 0 Å². The topological polar surface area (TPSA) is 63.2 Å². The highest BCUT2D eigenvalue weighted by molar-refractivity contribution is 5.83. The van der Waals surface area contributed by atoms with Gasteiger partial charge in [0, 0.05) is 6.20 Å². The van der Waals surface area contributed by atoms with Crippen molar-refractivity contribution < 1.29 is 0 Å². The molecule has 0 aliphatic rings. The van der Waals surface area contributed by atoms with Crippen molar-refractivity contribution in [3.05, 3.63) is 12.3 Å². The zero-order valence-electron chi connectivity index (χ0n) is 8.02. The third-order valence-corrected chi connectivity index (χ3v) is 1.26. The lowest BCUT2D eigenvalue weighted by Crippen LogP contribution is -2.16. The van der Waals surface area contributed by atoms with Gasteiger partial charge in [0.05, 0.1) is 0 Å². The van der Waals surface area contributed by atoms with E-state index in [9.17, 15) is 0 Å². The summed E-state index contributed by atoms with van der Waals surface area (Å²) in [5.74, 6) is 0.788. The molecule has 0 saturated carbocycles. The number of aliphatic imine (C=N–C) groups is 1. The molecule has 4 nitrogen and oxygen atoms in total. The second-order valence-electron chi connectivity index (χ2n) is 2.80. The van der Waals surface area contributed by atoms with Crippen LogP contribution in [0.1, 0.15) is 20.8 Å². The van der Waals surface area contributed by atoms with Gasteiger partial charge in [-0.25, -0.2) is 4.99 Å². The zero-order valence-corrected chi connectivity index (χ0v) is 8.02. The second kappa shape index (κ2) is 5.79. The fourth-order valence-corrected chi connectivity index (χ4v) is 0.548. The van der Waals surface area contributed by atoms with Crippen LogP contribution in [0.5, 0.6) is 0 Å². The molecule has 0 radical (unpaired) electrons. The van der Waals surface area contributed by atoms with Gasteiger partial charge in [0.25, 0.3) is 0 Å². The maximum atomic E-state index is 8.45. The molecule has 0 bridgehead atoms. The van der Waals surface area contributed by atoms with E-state index in [1.807, 2.05) is 19.9 Å². The lowest BCUT2D eigenvalue weighted by atomic mass is 10.2. The van der Waals surface area contributed by atoms with Crippen molar-refractivity contribution in [3.8, 4) is 12.4 Å². The van der Waals surface area contributed by atoms with Crippen molar-refractivity contribution in [1.29, 1.82) is 10.5 Å². The summed E-state index contributed by atoms with van der Waals surface area (Å²) in [4.78, 5) is 4.78. The Morgan fingerprint density at radius 2 is 1.92 bits per heavy atom. The van der Waals surface area contributed by atoms with E-state index in [2.05, 4.69) is 4.99 Å². The molecule has 0 heterocycles. The van der Waals surface area contributed by atoms with Gasteiger partial charge in [-0.2, -0.15) is 15.4 Å². The summed E-state index contributed by atoms with van der Waals surface area (Å²) >= 11 is 0. The highest BCUT2D eigenvalue weighted by atomic mass is 15.2. The number of rotatable bonds is 2. The van der Waals surface area contributed by atoms with Gasteiger partial charge in [-0.1, -0.05) is 19.9 Å². The molecule has 0 fully saturated rings. The van der Waals surface area contributed by atoms with Crippen molar-refractivity contribution in [2.45, 2.75) is 20.8 Å². The van der Waals surface area contributed by atoms with Crippen molar-refractivity contribution in [3.63, 3.8) is 0 Å². The molecule has 0 aromatic carbocycles.